The van der Waals surface area contributed by atoms with E-state index in [9.17, 15) is 9.59 Å². The molecule has 0 aromatic heterocycles. The molecule has 0 heterocycles. The minimum absolute atomic E-state index is 0.125. The molecule has 0 aliphatic heterocycles. The maximum atomic E-state index is 13.0. The van der Waals surface area contributed by atoms with Crippen LogP contribution in [0.25, 0.3) is 0 Å². The molecule has 0 saturated carbocycles. The highest BCUT2D eigenvalue weighted by atomic mass is 16.4. The molecule has 3 aromatic carbocycles. The number of nitrogens with one attached hydrogen (secondary N) is 1. The molecule has 0 fully saturated rings. The molecule has 166 valence electrons. The van der Waals surface area contributed by atoms with E-state index in [1.807, 2.05) is 48.8 Å². The first-order valence-corrected chi connectivity index (χ1v) is 10.5. The molecule has 7 nitrogen and oxygen atoms in total. The maximum absolute atomic E-state index is 13.0. The Balaban J connectivity index is 1.86. The van der Waals surface area contributed by atoms with Crippen molar-refractivity contribution in [1.82, 2.24) is 0 Å². The van der Waals surface area contributed by atoms with E-state index in [-0.39, 0.29) is 23.4 Å². The lowest BCUT2D eigenvalue weighted by atomic mass is 9.94. The predicted molar refractivity (Wildman–Crippen MR) is 125 cm³/mol. The summed E-state index contributed by atoms with van der Waals surface area (Å²) in [4.78, 5) is 24.2. The Morgan fingerprint density at radius 1 is 1.00 bits per heavy atom. The Kier molecular flexibility index (Phi) is 7.59. The Morgan fingerprint density at radius 3 is 2.28 bits per heavy atom. The number of rotatable bonds is 9. The number of amides is 1. The highest BCUT2D eigenvalue weighted by Crippen LogP contribution is 2.28. The third kappa shape index (κ3) is 5.32. The summed E-state index contributed by atoms with van der Waals surface area (Å²) in [5, 5.41) is 14.1. The van der Waals surface area contributed by atoms with Gasteiger partial charge in [-0.25, -0.2) is 4.79 Å². The minimum atomic E-state index is -0.969. The van der Waals surface area contributed by atoms with Crippen LogP contribution in [0.1, 0.15) is 45.4 Å². The smallest absolute Gasteiger partial charge is 0.335 e. The van der Waals surface area contributed by atoms with Crippen LogP contribution >= 0.6 is 0 Å². The zero-order chi connectivity index (χ0) is 23.1. The molecule has 0 radical (unpaired) electrons. The molecule has 7 heteroatoms. The molecule has 8 N–H and O–H groups in total. The van der Waals surface area contributed by atoms with E-state index < -0.39 is 5.97 Å². The van der Waals surface area contributed by atoms with Crippen LogP contribution in [0.3, 0.4) is 0 Å². The van der Waals surface area contributed by atoms with Gasteiger partial charge >= 0.3 is 5.97 Å². The second-order valence-electron chi connectivity index (χ2n) is 7.61. The van der Waals surface area contributed by atoms with Crippen molar-refractivity contribution >= 4 is 23.3 Å². The Morgan fingerprint density at radius 2 is 1.69 bits per heavy atom. The van der Waals surface area contributed by atoms with Crippen LogP contribution in [-0.2, 0) is 4.79 Å². The van der Waals surface area contributed by atoms with E-state index in [4.69, 9.17) is 16.6 Å². The molecule has 2 unspecified atom stereocenters. The number of carbonyl (C=O) groups is 2. The number of carboxylic acids is 1. The van der Waals surface area contributed by atoms with Crippen LogP contribution in [-0.4, -0.2) is 30.6 Å². The van der Waals surface area contributed by atoms with E-state index in [1.54, 1.807) is 36.4 Å². The summed E-state index contributed by atoms with van der Waals surface area (Å²) in [6.45, 7) is 0.402. The Labute approximate surface area is 187 Å². The lowest BCUT2D eigenvalue weighted by Crippen LogP contribution is -2.81. The third-order valence-corrected chi connectivity index (χ3v) is 5.51. The molecule has 2 atom stereocenters. The average Bonchev–Trinajstić information content (AvgIpc) is 2.80. The molecule has 0 bridgehead atoms. The number of benzene rings is 3. The molecular formula is C25H29N4O3+. The largest absolute Gasteiger partial charge is 0.478 e. The standard InChI is InChI=1S/C25H28N4O3/c1-28-23(17-7-9-18(10-8-17)25(31)32)21-15-19(11-12-22(21)27)29-24(30)20(13-14-26)16-5-3-2-4-6-16/h2-12,15,20,23,28H,13-14,26-27H2,1H3,(H,29,30)(H,31,32)/p+1. The quantitative estimate of drug-likeness (QED) is 0.330. The normalized spacial score (nSPS) is 12.7. The second-order valence-corrected chi connectivity index (χ2v) is 7.61. The number of anilines is 2. The number of quaternary nitrogens is 1. The van der Waals surface area contributed by atoms with Crippen LogP contribution in [0.15, 0.2) is 72.8 Å². The zero-order valence-corrected chi connectivity index (χ0v) is 18.0. The number of aromatic carboxylic acids is 1. The van der Waals surface area contributed by atoms with Crippen molar-refractivity contribution in [2.75, 3.05) is 24.6 Å². The zero-order valence-electron chi connectivity index (χ0n) is 18.0. The predicted octanol–water partition coefficient (Wildman–Crippen LogP) is 2.32. The van der Waals surface area contributed by atoms with Gasteiger partial charge in [0.25, 0.3) is 0 Å². The summed E-state index contributed by atoms with van der Waals surface area (Å²) in [5.41, 5.74) is 16.2. The van der Waals surface area contributed by atoms with E-state index in [0.29, 0.717) is 24.3 Å². The van der Waals surface area contributed by atoms with E-state index in [0.717, 1.165) is 16.7 Å². The fourth-order valence-corrected chi connectivity index (χ4v) is 3.84. The van der Waals surface area contributed by atoms with Gasteiger partial charge in [0.15, 0.2) is 0 Å². The van der Waals surface area contributed by atoms with Crippen molar-refractivity contribution in [3.63, 3.8) is 0 Å². The average molecular weight is 434 g/mol. The highest BCUT2D eigenvalue weighted by molar-refractivity contribution is 5.96. The van der Waals surface area contributed by atoms with Crippen molar-refractivity contribution in [1.29, 1.82) is 0 Å². The molecule has 0 aliphatic carbocycles. The number of nitrogens with two attached hydrogens (primary N) is 3. The summed E-state index contributed by atoms with van der Waals surface area (Å²) in [5.74, 6) is -1.44. The number of carboxylic acid groups (broad SMARTS) is 1. The van der Waals surface area contributed by atoms with Gasteiger partial charge in [-0.1, -0.05) is 42.5 Å². The van der Waals surface area contributed by atoms with Gasteiger partial charge in [0.2, 0.25) is 5.91 Å². The van der Waals surface area contributed by atoms with Crippen molar-refractivity contribution < 1.29 is 20.0 Å². The second kappa shape index (κ2) is 10.6. The van der Waals surface area contributed by atoms with Gasteiger partial charge < -0.3 is 27.2 Å². The summed E-state index contributed by atoms with van der Waals surface area (Å²) >= 11 is 0. The van der Waals surface area contributed by atoms with Crippen molar-refractivity contribution in [3.05, 3.63) is 95.1 Å². The van der Waals surface area contributed by atoms with Gasteiger partial charge in [-0.2, -0.15) is 0 Å². The van der Waals surface area contributed by atoms with Gasteiger partial charge in [-0.05, 0) is 48.9 Å². The number of carbonyl (C=O) groups excluding carboxylic acids is 1. The van der Waals surface area contributed by atoms with Crippen molar-refractivity contribution in [3.8, 4) is 0 Å². The fraction of sp³-hybridized carbons (Fsp3) is 0.200. The number of hydrogen-bond donors (Lipinski definition) is 5. The van der Waals surface area contributed by atoms with E-state index in [1.165, 1.54) is 0 Å². The fourth-order valence-electron chi connectivity index (χ4n) is 3.84. The molecule has 3 rings (SSSR count). The topological polar surface area (TPSA) is 135 Å². The molecule has 3 aromatic rings. The molecule has 0 saturated heterocycles. The molecule has 0 spiro atoms. The third-order valence-electron chi connectivity index (χ3n) is 5.51. The molecule has 0 aliphatic rings. The Hall–Kier alpha value is -3.68. The van der Waals surface area contributed by atoms with Crippen molar-refractivity contribution in [2.45, 2.75) is 18.4 Å². The summed E-state index contributed by atoms with van der Waals surface area (Å²) in [6.07, 6.45) is 0.541. The first-order valence-electron chi connectivity index (χ1n) is 10.5. The lowest BCUT2D eigenvalue weighted by molar-refractivity contribution is -0.660. The van der Waals surface area contributed by atoms with Crippen LogP contribution in [0.5, 0.6) is 0 Å². The summed E-state index contributed by atoms with van der Waals surface area (Å²) in [6, 6.07) is 21.6. The molecule has 1 amide bonds. The lowest BCUT2D eigenvalue weighted by Gasteiger charge is -2.19. The summed E-state index contributed by atoms with van der Waals surface area (Å²) in [7, 11) is 1.92. The highest BCUT2D eigenvalue weighted by Gasteiger charge is 2.22. The van der Waals surface area contributed by atoms with Crippen LogP contribution < -0.4 is 22.1 Å². The molecular weight excluding hydrogens is 404 g/mol. The van der Waals surface area contributed by atoms with Gasteiger partial charge in [0, 0.05) is 22.5 Å². The monoisotopic (exact) mass is 433 g/mol. The van der Waals surface area contributed by atoms with Gasteiger partial charge in [0.1, 0.15) is 6.04 Å². The van der Waals surface area contributed by atoms with Gasteiger partial charge in [-0.15, -0.1) is 0 Å². The first-order chi connectivity index (χ1) is 15.4. The van der Waals surface area contributed by atoms with E-state index in [2.05, 4.69) is 5.32 Å². The van der Waals surface area contributed by atoms with Crippen molar-refractivity contribution in [2.24, 2.45) is 5.73 Å². The number of hydrogen-bond acceptors (Lipinski definition) is 4. The first kappa shape index (κ1) is 23.0. The maximum Gasteiger partial charge on any atom is 0.335 e. The van der Waals surface area contributed by atoms with Gasteiger partial charge in [-0.3, -0.25) is 4.79 Å². The van der Waals surface area contributed by atoms with Gasteiger partial charge in [0.05, 0.1) is 18.5 Å². The van der Waals surface area contributed by atoms with Crippen LogP contribution in [0.2, 0.25) is 0 Å². The van der Waals surface area contributed by atoms with Crippen LogP contribution in [0.4, 0.5) is 11.4 Å². The summed E-state index contributed by atoms with van der Waals surface area (Å²) < 4.78 is 0. The van der Waals surface area contributed by atoms with Crippen LogP contribution in [0, 0.1) is 0 Å². The SMILES string of the molecule is C[NH2+]C(c1ccc(C(=O)O)cc1)c1cc(NC(=O)C(CCN)c2ccccc2)ccc1N. The molecule has 32 heavy (non-hydrogen) atoms. The van der Waals surface area contributed by atoms with E-state index >= 15 is 0 Å². The minimum Gasteiger partial charge on any atom is -0.478 e. The number of nitrogen functional groups attached to an aromatic ring is 1. The Bertz CT molecular complexity index is 1070.